The lowest BCUT2D eigenvalue weighted by molar-refractivity contribution is -0.384. The van der Waals surface area contributed by atoms with E-state index in [0.29, 0.717) is 5.16 Å². The van der Waals surface area contributed by atoms with Crippen LogP contribution in [-0.4, -0.2) is 31.0 Å². The molecular weight excluding hydrogens is 452 g/mol. The molecule has 1 amide bonds. The van der Waals surface area contributed by atoms with Gasteiger partial charge in [-0.2, -0.15) is 4.68 Å². The van der Waals surface area contributed by atoms with Crippen LogP contribution in [0.15, 0.2) is 71.9 Å². The lowest BCUT2D eigenvalue weighted by Gasteiger charge is -2.17. The first kappa shape index (κ1) is 23.1. The van der Waals surface area contributed by atoms with E-state index in [4.69, 9.17) is 0 Å². The molecule has 1 atom stereocenters. The summed E-state index contributed by atoms with van der Waals surface area (Å²) in [6.45, 7) is 5.75. The number of carbonyl (C=O) groups is 1. The van der Waals surface area contributed by atoms with Gasteiger partial charge >= 0.3 is 0 Å². The molecule has 4 aromatic rings. The van der Waals surface area contributed by atoms with Crippen molar-refractivity contribution in [1.29, 1.82) is 0 Å². The van der Waals surface area contributed by atoms with E-state index in [9.17, 15) is 14.9 Å². The van der Waals surface area contributed by atoms with Crippen molar-refractivity contribution in [2.24, 2.45) is 0 Å². The first-order valence-corrected chi connectivity index (χ1v) is 11.4. The number of hydrogen-bond acceptors (Lipinski definition) is 7. The Kier molecular flexibility index (Phi) is 6.69. The first-order chi connectivity index (χ1) is 16.3. The maximum Gasteiger partial charge on any atom is 0.293 e. The van der Waals surface area contributed by atoms with Gasteiger partial charge in [-0.25, -0.2) is 0 Å². The van der Waals surface area contributed by atoms with Crippen LogP contribution in [0.4, 0.5) is 11.4 Å². The fourth-order valence-corrected chi connectivity index (χ4v) is 4.46. The average molecular weight is 475 g/mol. The number of nitro benzene ring substituents is 1. The molecule has 10 heteroatoms. The molecule has 4 rings (SSSR count). The molecule has 9 nitrogen and oxygen atoms in total. The van der Waals surface area contributed by atoms with Crippen molar-refractivity contribution in [2.45, 2.75) is 31.2 Å². The standard InChI is InChI=1S/C24H22N6O3S/c1-15-12-13-19(21(14-15)30(32)33)25-23(31)22(18-9-5-4-6-10-18)34-24-26-27-28-29(24)20-11-7-8-16(2)17(20)3/h4-14,22H,1-3H3,(H,25,31). The minimum Gasteiger partial charge on any atom is -0.319 e. The molecule has 0 aliphatic rings. The summed E-state index contributed by atoms with van der Waals surface area (Å²) in [5, 5.41) is 26.1. The number of nitrogens with zero attached hydrogens (tertiary/aromatic N) is 5. The summed E-state index contributed by atoms with van der Waals surface area (Å²) in [5.74, 6) is -0.418. The Morgan fingerprint density at radius 3 is 2.56 bits per heavy atom. The van der Waals surface area contributed by atoms with Crippen LogP contribution >= 0.6 is 11.8 Å². The van der Waals surface area contributed by atoms with Gasteiger partial charge in [0.1, 0.15) is 10.9 Å². The van der Waals surface area contributed by atoms with Crippen molar-refractivity contribution in [2.75, 3.05) is 5.32 Å². The van der Waals surface area contributed by atoms with Gasteiger partial charge in [0.25, 0.3) is 5.69 Å². The molecule has 0 aliphatic carbocycles. The summed E-state index contributed by atoms with van der Waals surface area (Å²) >= 11 is 1.17. The number of rotatable bonds is 7. The molecule has 0 spiro atoms. The van der Waals surface area contributed by atoms with Gasteiger partial charge in [0.2, 0.25) is 11.1 Å². The quantitative estimate of drug-likeness (QED) is 0.228. The molecule has 0 saturated heterocycles. The number of hydrogen-bond donors (Lipinski definition) is 1. The molecule has 0 radical (unpaired) electrons. The van der Waals surface area contributed by atoms with Gasteiger partial charge in [0.05, 0.1) is 10.6 Å². The molecule has 1 heterocycles. The minimum absolute atomic E-state index is 0.135. The lowest BCUT2D eigenvalue weighted by Crippen LogP contribution is -2.20. The van der Waals surface area contributed by atoms with Gasteiger partial charge in [-0.3, -0.25) is 14.9 Å². The number of aromatic nitrogens is 4. The van der Waals surface area contributed by atoms with Crippen molar-refractivity contribution in [3.63, 3.8) is 0 Å². The van der Waals surface area contributed by atoms with Crippen LogP contribution in [0.1, 0.15) is 27.5 Å². The Hall–Kier alpha value is -4.05. The van der Waals surface area contributed by atoms with Crippen molar-refractivity contribution in [3.05, 3.63) is 99.1 Å². The minimum atomic E-state index is -0.753. The van der Waals surface area contributed by atoms with Gasteiger partial charge in [-0.15, -0.1) is 5.10 Å². The number of benzene rings is 3. The topological polar surface area (TPSA) is 116 Å². The third kappa shape index (κ3) is 4.81. The van der Waals surface area contributed by atoms with Crippen LogP contribution in [0.25, 0.3) is 5.69 Å². The van der Waals surface area contributed by atoms with E-state index in [1.165, 1.54) is 23.9 Å². The monoisotopic (exact) mass is 474 g/mol. The van der Waals surface area contributed by atoms with Gasteiger partial charge in [0, 0.05) is 6.07 Å². The second-order valence-corrected chi connectivity index (χ2v) is 8.84. The van der Waals surface area contributed by atoms with Crippen LogP contribution in [0.3, 0.4) is 0 Å². The van der Waals surface area contributed by atoms with Crippen LogP contribution in [0, 0.1) is 30.9 Å². The molecule has 0 saturated carbocycles. The number of amides is 1. The fourth-order valence-electron chi connectivity index (χ4n) is 3.47. The number of tetrazole rings is 1. The van der Waals surface area contributed by atoms with Gasteiger partial charge < -0.3 is 5.32 Å². The number of nitro groups is 1. The van der Waals surface area contributed by atoms with Gasteiger partial charge in [0.15, 0.2) is 0 Å². The predicted molar refractivity (Wildman–Crippen MR) is 130 cm³/mol. The third-order valence-corrected chi connectivity index (χ3v) is 6.60. The summed E-state index contributed by atoms with van der Waals surface area (Å²) in [6, 6.07) is 19.7. The van der Waals surface area contributed by atoms with Gasteiger partial charge in [-0.1, -0.05) is 60.3 Å². The largest absolute Gasteiger partial charge is 0.319 e. The van der Waals surface area contributed by atoms with E-state index < -0.39 is 16.1 Å². The predicted octanol–water partition coefficient (Wildman–Crippen LogP) is 4.97. The second kappa shape index (κ2) is 9.84. The summed E-state index contributed by atoms with van der Waals surface area (Å²) in [5.41, 5.74) is 4.35. The molecule has 0 fully saturated rings. The maximum absolute atomic E-state index is 13.4. The normalized spacial score (nSPS) is 11.7. The zero-order chi connectivity index (χ0) is 24.2. The molecule has 1 unspecified atom stereocenters. The van der Waals surface area contributed by atoms with E-state index in [-0.39, 0.29) is 11.4 Å². The molecule has 0 aliphatic heterocycles. The second-order valence-electron chi connectivity index (χ2n) is 7.77. The van der Waals surface area contributed by atoms with E-state index in [0.717, 1.165) is 27.9 Å². The highest BCUT2D eigenvalue weighted by molar-refractivity contribution is 8.00. The summed E-state index contributed by atoms with van der Waals surface area (Å²) in [4.78, 5) is 24.5. The molecule has 3 aromatic carbocycles. The maximum atomic E-state index is 13.4. The Bertz CT molecular complexity index is 1360. The van der Waals surface area contributed by atoms with Crippen molar-refractivity contribution < 1.29 is 9.72 Å². The highest BCUT2D eigenvalue weighted by Gasteiger charge is 2.27. The highest BCUT2D eigenvalue weighted by Crippen LogP contribution is 2.37. The van der Waals surface area contributed by atoms with Crippen LogP contribution < -0.4 is 5.32 Å². The van der Waals surface area contributed by atoms with E-state index in [2.05, 4.69) is 20.8 Å². The highest BCUT2D eigenvalue weighted by atomic mass is 32.2. The molecule has 1 N–H and O–H groups in total. The Morgan fingerprint density at radius 2 is 1.82 bits per heavy atom. The van der Waals surface area contributed by atoms with Crippen LogP contribution in [0.5, 0.6) is 0 Å². The Morgan fingerprint density at radius 1 is 1.06 bits per heavy atom. The van der Waals surface area contributed by atoms with Gasteiger partial charge in [-0.05, 0) is 65.6 Å². The molecule has 34 heavy (non-hydrogen) atoms. The van der Waals surface area contributed by atoms with Crippen LogP contribution in [-0.2, 0) is 4.79 Å². The van der Waals surface area contributed by atoms with E-state index in [1.807, 2.05) is 62.4 Å². The zero-order valence-electron chi connectivity index (χ0n) is 18.8. The summed E-state index contributed by atoms with van der Waals surface area (Å²) < 4.78 is 1.60. The summed E-state index contributed by atoms with van der Waals surface area (Å²) in [7, 11) is 0. The van der Waals surface area contributed by atoms with Crippen molar-refractivity contribution in [1.82, 2.24) is 20.2 Å². The summed E-state index contributed by atoms with van der Waals surface area (Å²) in [6.07, 6.45) is 0. The van der Waals surface area contributed by atoms with E-state index in [1.54, 1.807) is 17.7 Å². The third-order valence-electron chi connectivity index (χ3n) is 5.42. The first-order valence-electron chi connectivity index (χ1n) is 10.5. The van der Waals surface area contributed by atoms with Crippen molar-refractivity contribution >= 4 is 29.0 Å². The average Bonchev–Trinajstić information content (AvgIpc) is 3.28. The molecule has 1 aromatic heterocycles. The number of thioether (sulfide) groups is 1. The molecule has 172 valence electrons. The number of nitrogens with one attached hydrogen (secondary N) is 1. The number of anilines is 1. The number of aryl methyl sites for hydroxylation is 2. The smallest absolute Gasteiger partial charge is 0.293 e. The SMILES string of the molecule is Cc1ccc(NC(=O)C(Sc2nnnn2-c2cccc(C)c2C)c2ccccc2)c([N+](=O)[O-])c1. The van der Waals surface area contributed by atoms with E-state index >= 15 is 0 Å². The Balaban J connectivity index is 1.70. The fraction of sp³-hybridized carbons (Fsp3) is 0.167. The van der Waals surface area contributed by atoms with Crippen molar-refractivity contribution in [3.8, 4) is 5.69 Å². The Labute approximate surface area is 200 Å². The number of carbonyl (C=O) groups excluding carboxylic acids is 1. The van der Waals surface area contributed by atoms with Crippen LogP contribution in [0.2, 0.25) is 0 Å². The zero-order valence-corrected chi connectivity index (χ0v) is 19.6. The molecular formula is C24H22N6O3S. The lowest BCUT2D eigenvalue weighted by atomic mass is 10.1. The molecule has 0 bridgehead atoms.